The Labute approximate surface area is 131 Å². The fourth-order valence-electron chi connectivity index (χ4n) is 1.71. The number of halogens is 1. The van der Waals surface area contributed by atoms with Gasteiger partial charge in [0.2, 0.25) is 0 Å². The van der Waals surface area contributed by atoms with Gasteiger partial charge in [-0.15, -0.1) is 0 Å². The molecule has 0 aliphatic rings. The van der Waals surface area contributed by atoms with Gasteiger partial charge in [0.1, 0.15) is 22.8 Å². The molecule has 4 nitrogen and oxygen atoms in total. The zero-order chi connectivity index (χ0) is 15.2. The average Bonchev–Trinajstić information content (AvgIpc) is 2.48. The molecule has 21 heavy (non-hydrogen) atoms. The molecule has 0 bridgehead atoms. The van der Waals surface area contributed by atoms with Crippen molar-refractivity contribution in [1.29, 1.82) is 0 Å². The minimum atomic E-state index is -1.03. The molecule has 0 aromatic heterocycles. The van der Waals surface area contributed by atoms with Crippen LogP contribution < -0.4 is 9.47 Å². The third kappa shape index (κ3) is 4.23. The van der Waals surface area contributed by atoms with Crippen molar-refractivity contribution >= 4 is 21.9 Å². The van der Waals surface area contributed by atoms with Gasteiger partial charge in [0.25, 0.3) is 0 Å². The molecule has 2 rings (SSSR count). The largest absolute Gasteiger partial charge is 0.494 e. The summed E-state index contributed by atoms with van der Waals surface area (Å²) in [5, 5.41) is 9.19. The van der Waals surface area contributed by atoms with Crippen LogP contribution in [-0.4, -0.2) is 17.7 Å². The van der Waals surface area contributed by atoms with Crippen LogP contribution in [0.15, 0.2) is 46.9 Å². The van der Waals surface area contributed by atoms with Gasteiger partial charge in [0, 0.05) is 4.47 Å². The maximum Gasteiger partial charge on any atom is 0.339 e. The van der Waals surface area contributed by atoms with E-state index >= 15 is 0 Å². The van der Waals surface area contributed by atoms with Gasteiger partial charge in [-0.3, -0.25) is 0 Å². The van der Waals surface area contributed by atoms with Crippen LogP contribution in [-0.2, 0) is 0 Å². The summed E-state index contributed by atoms with van der Waals surface area (Å²) in [6, 6.07) is 12.0. The molecule has 0 heterocycles. The molecule has 0 radical (unpaired) electrons. The van der Waals surface area contributed by atoms with Crippen LogP contribution in [0.4, 0.5) is 0 Å². The van der Waals surface area contributed by atoms with Crippen LogP contribution in [0.2, 0.25) is 0 Å². The topological polar surface area (TPSA) is 55.8 Å². The average molecular weight is 351 g/mol. The maximum absolute atomic E-state index is 11.2. The van der Waals surface area contributed by atoms with Crippen molar-refractivity contribution in [3.8, 4) is 17.2 Å². The molecule has 0 aliphatic carbocycles. The molecule has 2 aromatic rings. The first kappa shape index (κ1) is 15.4. The number of rotatable bonds is 6. The smallest absolute Gasteiger partial charge is 0.339 e. The van der Waals surface area contributed by atoms with Crippen molar-refractivity contribution in [3.05, 3.63) is 52.5 Å². The Kier molecular flexibility index (Phi) is 5.22. The van der Waals surface area contributed by atoms with Crippen molar-refractivity contribution in [2.75, 3.05) is 6.61 Å². The first-order valence-electron chi connectivity index (χ1n) is 6.53. The van der Waals surface area contributed by atoms with Crippen LogP contribution in [0, 0.1) is 0 Å². The molecule has 0 amide bonds. The Morgan fingerprint density at radius 2 is 1.81 bits per heavy atom. The number of benzene rings is 2. The highest BCUT2D eigenvalue weighted by atomic mass is 79.9. The fraction of sp³-hybridized carbons (Fsp3) is 0.188. The molecular formula is C16H15BrO4. The van der Waals surface area contributed by atoms with Crippen LogP contribution in [0.25, 0.3) is 0 Å². The Balaban J connectivity index is 2.16. The van der Waals surface area contributed by atoms with E-state index in [4.69, 9.17) is 9.47 Å². The van der Waals surface area contributed by atoms with E-state index in [1.54, 1.807) is 36.4 Å². The summed E-state index contributed by atoms with van der Waals surface area (Å²) in [6.45, 7) is 2.70. The van der Waals surface area contributed by atoms with E-state index in [1.807, 2.05) is 6.92 Å². The van der Waals surface area contributed by atoms with Gasteiger partial charge >= 0.3 is 5.97 Å². The standard InChI is InChI=1S/C16H15BrO4/c1-2-9-20-12-4-6-13(7-5-12)21-15-8-3-11(17)10-14(15)16(18)19/h3-8,10H,2,9H2,1H3,(H,18,19). The molecule has 5 heteroatoms. The van der Waals surface area contributed by atoms with E-state index < -0.39 is 5.97 Å². The monoisotopic (exact) mass is 350 g/mol. The van der Waals surface area contributed by atoms with E-state index in [2.05, 4.69) is 15.9 Å². The van der Waals surface area contributed by atoms with Crippen LogP contribution in [0.3, 0.4) is 0 Å². The summed E-state index contributed by atoms with van der Waals surface area (Å²) < 4.78 is 11.8. The number of ether oxygens (including phenoxy) is 2. The molecule has 0 spiro atoms. The summed E-state index contributed by atoms with van der Waals surface area (Å²) in [7, 11) is 0. The van der Waals surface area contributed by atoms with Gasteiger partial charge in [-0.2, -0.15) is 0 Å². The quantitative estimate of drug-likeness (QED) is 0.818. The second-order valence-corrected chi connectivity index (χ2v) is 5.28. The number of carboxylic acid groups (broad SMARTS) is 1. The van der Waals surface area contributed by atoms with Crippen molar-refractivity contribution in [1.82, 2.24) is 0 Å². The second kappa shape index (κ2) is 7.13. The second-order valence-electron chi connectivity index (χ2n) is 4.37. The Morgan fingerprint density at radius 3 is 2.43 bits per heavy atom. The third-order valence-electron chi connectivity index (χ3n) is 2.70. The number of aromatic carboxylic acids is 1. The van der Waals surface area contributed by atoms with Gasteiger partial charge in [-0.1, -0.05) is 22.9 Å². The number of carbonyl (C=O) groups is 1. The summed E-state index contributed by atoms with van der Waals surface area (Å²) in [4.78, 5) is 11.2. The van der Waals surface area contributed by atoms with Gasteiger partial charge in [0.15, 0.2) is 0 Å². The predicted octanol–water partition coefficient (Wildman–Crippen LogP) is 4.73. The molecule has 1 N–H and O–H groups in total. The van der Waals surface area contributed by atoms with Gasteiger partial charge < -0.3 is 14.6 Å². The summed E-state index contributed by atoms with van der Waals surface area (Å²) >= 11 is 3.25. The molecule has 0 saturated carbocycles. The minimum absolute atomic E-state index is 0.107. The van der Waals surface area contributed by atoms with Crippen molar-refractivity contribution in [2.24, 2.45) is 0 Å². The molecule has 0 unspecified atom stereocenters. The highest BCUT2D eigenvalue weighted by Crippen LogP contribution is 2.29. The van der Waals surface area contributed by atoms with E-state index in [9.17, 15) is 9.90 Å². The molecular weight excluding hydrogens is 336 g/mol. The normalized spacial score (nSPS) is 10.2. The first-order chi connectivity index (χ1) is 10.1. The van der Waals surface area contributed by atoms with E-state index in [-0.39, 0.29) is 5.56 Å². The lowest BCUT2D eigenvalue weighted by Crippen LogP contribution is -2.00. The number of hydrogen-bond acceptors (Lipinski definition) is 3. The van der Waals surface area contributed by atoms with E-state index in [0.29, 0.717) is 22.6 Å². The zero-order valence-electron chi connectivity index (χ0n) is 11.5. The van der Waals surface area contributed by atoms with Crippen LogP contribution >= 0.6 is 15.9 Å². The molecule has 110 valence electrons. The van der Waals surface area contributed by atoms with E-state index in [1.165, 1.54) is 6.07 Å². The van der Waals surface area contributed by atoms with Crippen molar-refractivity contribution in [3.63, 3.8) is 0 Å². The van der Waals surface area contributed by atoms with Crippen molar-refractivity contribution < 1.29 is 19.4 Å². The highest BCUT2D eigenvalue weighted by Gasteiger charge is 2.12. The lowest BCUT2D eigenvalue weighted by Gasteiger charge is -2.10. The lowest BCUT2D eigenvalue weighted by atomic mass is 10.2. The molecule has 0 saturated heterocycles. The van der Waals surface area contributed by atoms with Gasteiger partial charge in [0.05, 0.1) is 6.61 Å². The van der Waals surface area contributed by atoms with Gasteiger partial charge in [-0.05, 0) is 48.9 Å². The molecule has 0 aliphatic heterocycles. The summed E-state index contributed by atoms with van der Waals surface area (Å²) in [5.41, 5.74) is 0.107. The highest BCUT2D eigenvalue weighted by molar-refractivity contribution is 9.10. The molecule has 0 atom stereocenters. The maximum atomic E-state index is 11.2. The zero-order valence-corrected chi connectivity index (χ0v) is 13.1. The number of hydrogen-bond donors (Lipinski definition) is 1. The van der Waals surface area contributed by atoms with E-state index in [0.717, 1.165) is 12.2 Å². The Bertz CT molecular complexity index is 623. The molecule has 0 fully saturated rings. The lowest BCUT2D eigenvalue weighted by molar-refractivity contribution is 0.0694. The third-order valence-corrected chi connectivity index (χ3v) is 3.19. The van der Waals surface area contributed by atoms with Crippen LogP contribution in [0.5, 0.6) is 17.2 Å². The van der Waals surface area contributed by atoms with Gasteiger partial charge in [-0.25, -0.2) is 4.79 Å². The minimum Gasteiger partial charge on any atom is -0.494 e. The number of carboxylic acids is 1. The Hall–Kier alpha value is -2.01. The SMILES string of the molecule is CCCOc1ccc(Oc2ccc(Br)cc2C(=O)O)cc1. The van der Waals surface area contributed by atoms with Crippen LogP contribution in [0.1, 0.15) is 23.7 Å². The fourth-order valence-corrected chi connectivity index (χ4v) is 2.07. The van der Waals surface area contributed by atoms with Crippen molar-refractivity contribution in [2.45, 2.75) is 13.3 Å². The predicted molar refractivity (Wildman–Crippen MR) is 83.4 cm³/mol. The Morgan fingerprint density at radius 1 is 1.14 bits per heavy atom. The first-order valence-corrected chi connectivity index (χ1v) is 7.33. The summed E-state index contributed by atoms with van der Waals surface area (Å²) in [6.07, 6.45) is 0.944. The molecule has 2 aromatic carbocycles. The summed E-state index contributed by atoms with van der Waals surface area (Å²) in [5.74, 6) is 0.587.